The Bertz CT molecular complexity index is 1060. The summed E-state index contributed by atoms with van der Waals surface area (Å²) in [6.07, 6.45) is 1.74. The fourth-order valence-electron chi connectivity index (χ4n) is 3.23. The molecule has 2 rings (SSSR count). The number of sulfonamides is 1. The first-order valence-corrected chi connectivity index (χ1v) is 12.2. The molecule has 1 N–H and O–H groups in total. The quantitative estimate of drug-likeness (QED) is 0.587. The SMILES string of the molecule is CCCNC(=O)C(C)N(Cc1ccccc1F)C(=O)CN(c1ccccc1C)S(C)(=O)=O. The average molecular weight is 464 g/mol. The van der Waals surface area contributed by atoms with Gasteiger partial charge >= 0.3 is 0 Å². The number of benzene rings is 2. The van der Waals surface area contributed by atoms with E-state index in [1.807, 2.05) is 6.92 Å². The molecule has 1 unspecified atom stereocenters. The van der Waals surface area contributed by atoms with E-state index < -0.39 is 40.2 Å². The smallest absolute Gasteiger partial charge is 0.244 e. The summed E-state index contributed by atoms with van der Waals surface area (Å²) < 4.78 is 40.3. The highest BCUT2D eigenvalue weighted by Gasteiger charge is 2.30. The Morgan fingerprint density at radius 1 is 1.09 bits per heavy atom. The minimum atomic E-state index is -3.80. The first-order valence-electron chi connectivity index (χ1n) is 10.4. The molecule has 0 spiro atoms. The molecule has 0 heterocycles. The first kappa shape index (κ1) is 25.3. The van der Waals surface area contributed by atoms with Crippen LogP contribution in [0.2, 0.25) is 0 Å². The number of amides is 2. The molecule has 0 saturated heterocycles. The van der Waals surface area contributed by atoms with E-state index >= 15 is 0 Å². The minimum absolute atomic E-state index is 0.169. The van der Waals surface area contributed by atoms with Crippen LogP contribution in [0.25, 0.3) is 0 Å². The summed E-state index contributed by atoms with van der Waals surface area (Å²) in [5.41, 5.74) is 1.29. The van der Waals surface area contributed by atoms with E-state index in [9.17, 15) is 22.4 Å². The van der Waals surface area contributed by atoms with Crippen LogP contribution in [0.3, 0.4) is 0 Å². The normalized spacial score (nSPS) is 12.2. The van der Waals surface area contributed by atoms with Gasteiger partial charge < -0.3 is 10.2 Å². The Labute approximate surface area is 189 Å². The molecule has 0 aliphatic heterocycles. The van der Waals surface area contributed by atoms with E-state index in [1.165, 1.54) is 23.1 Å². The van der Waals surface area contributed by atoms with Crippen LogP contribution >= 0.6 is 0 Å². The maximum absolute atomic E-state index is 14.3. The van der Waals surface area contributed by atoms with Crippen LogP contribution in [0.4, 0.5) is 10.1 Å². The number of para-hydroxylation sites is 1. The van der Waals surface area contributed by atoms with E-state index in [2.05, 4.69) is 5.32 Å². The Morgan fingerprint density at radius 3 is 2.31 bits per heavy atom. The number of aryl methyl sites for hydroxylation is 1. The molecule has 2 aromatic carbocycles. The maximum atomic E-state index is 14.3. The van der Waals surface area contributed by atoms with E-state index in [0.717, 1.165) is 17.0 Å². The standard InChI is InChI=1S/C23H30FN3O4S/c1-5-14-25-23(29)18(3)26(15-19-11-7-8-12-20(19)24)22(28)16-27(32(4,30)31)21-13-9-6-10-17(21)2/h6-13,18H,5,14-16H2,1-4H3,(H,25,29). The van der Waals surface area contributed by atoms with Crippen molar-refractivity contribution in [3.63, 3.8) is 0 Å². The summed E-state index contributed by atoms with van der Waals surface area (Å²) in [5, 5.41) is 2.73. The van der Waals surface area contributed by atoms with Crippen molar-refractivity contribution in [1.29, 1.82) is 0 Å². The van der Waals surface area contributed by atoms with Crippen molar-refractivity contribution in [2.45, 2.75) is 39.8 Å². The van der Waals surface area contributed by atoms with Gasteiger partial charge in [-0.2, -0.15) is 0 Å². The number of nitrogens with one attached hydrogen (secondary N) is 1. The van der Waals surface area contributed by atoms with Crippen LogP contribution in [0, 0.1) is 12.7 Å². The van der Waals surface area contributed by atoms with Gasteiger partial charge in [0.1, 0.15) is 18.4 Å². The molecule has 1 atom stereocenters. The largest absolute Gasteiger partial charge is 0.354 e. The van der Waals surface area contributed by atoms with Crippen molar-refractivity contribution in [2.75, 3.05) is 23.7 Å². The predicted octanol–water partition coefficient (Wildman–Crippen LogP) is 2.84. The fourth-order valence-corrected chi connectivity index (χ4v) is 4.13. The molecule has 2 aromatic rings. The van der Waals surface area contributed by atoms with Crippen LogP contribution in [-0.2, 0) is 26.2 Å². The van der Waals surface area contributed by atoms with E-state index in [0.29, 0.717) is 17.8 Å². The molecular formula is C23H30FN3O4S. The molecule has 174 valence electrons. The van der Waals surface area contributed by atoms with Gasteiger partial charge in [-0.1, -0.05) is 43.3 Å². The van der Waals surface area contributed by atoms with Gasteiger partial charge in [-0.3, -0.25) is 13.9 Å². The summed E-state index contributed by atoms with van der Waals surface area (Å²) in [6.45, 7) is 4.95. The zero-order valence-corrected chi connectivity index (χ0v) is 19.7. The molecule has 0 saturated carbocycles. The van der Waals surface area contributed by atoms with Gasteiger partial charge in [-0.25, -0.2) is 12.8 Å². The number of rotatable bonds is 10. The second-order valence-electron chi connectivity index (χ2n) is 7.64. The summed E-state index contributed by atoms with van der Waals surface area (Å²) in [4.78, 5) is 27.1. The van der Waals surface area contributed by atoms with E-state index in [-0.39, 0.29) is 12.1 Å². The highest BCUT2D eigenvalue weighted by molar-refractivity contribution is 7.92. The highest BCUT2D eigenvalue weighted by Crippen LogP contribution is 2.23. The van der Waals surface area contributed by atoms with Crippen LogP contribution < -0.4 is 9.62 Å². The second-order valence-corrected chi connectivity index (χ2v) is 9.54. The molecule has 0 aliphatic rings. The summed E-state index contributed by atoms with van der Waals surface area (Å²) in [7, 11) is -3.80. The number of hydrogen-bond donors (Lipinski definition) is 1. The Kier molecular flexibility index (Phi) is 8.77. The third kappa shape index (κ3) is 6.53. The third-order valence-corrected chi connectivity index (χ3v) is 6.20. The molecule has 32 heavy (non-hydrogen) atoms. The van der Waals surface area contributed by atoms with Gasteiger partial charge in [0.2, 0.25) is 21.8 Å². The van der Waals surface area contributed by atoms with Crippen molar-refractivity contribution in [3.05, 3.63) is 65.5 Å². The van der Waals surface area contributed by atoms with Crippen molar-refractivity contribution < 1.29 is 22.4 Å². The van der Waals surface area contributed by atoms with Gasteiger partial charge in [-0.15, -0.1) is 0 Å². The number of carbonyl (C=O) groups excluding carboxylic acids is 2. The van der Waals surface area contributed by atoms with Crippen LogP contribution in [0.1, 0.15) is 31.4 Å². The third-order valence-electron chi connectivity index (χ3n) is 5.08. The molecule has 2 amide bonds. The summed E-state index contributed by atoms with van der Waals surface area (Å²) in [6, 6.07) is 11.9. The van der Waals surface area contributed by atoms with Crippen LogP contribution in [0.5, 0.6) is 0 Å². The lowest BCUT2D eigenvalue weighted by molar-refractivity contribution is -0.139. The molecular weight excluding hydrogens is 433 g/mol. The maximum Gasteiger partial charge on any atom is 0.244 e. The molecule has 9 heteroatoms. The van der Waals surface area contributed by atoms with Gasteiger partial charge in [0.05, 0.1) is 11.9 Å². The topological polar surface area (TPSA) is 86.8 Å². The van der Waals surface area contributed by atoms with Gasteiger partial charge in [0, 0.05) is 18.7 Å². The lowest BCUT2D eigenvalue weighted by Crippen LogP contribution is -2.51. The molecule has 0 aliphatic carbocycles. The van der Waals surface area contributed by atoms with E-state index in [4.69, 9.17) is 0 Å². The summed E-state index contributed by atoms with van der Waals surface area (Å²) in [5.74, 6) is -1.51. The Morgan fingerprint density at radius 2 is 1.72 bits per heavy atom. The first-order chi connectivity index (χ1) is 15.1. The van der Waals surface area contributed by atoms with Gasteiger partial charge in [0.15, 0.2) is 0 Å². The number of nitrogens with zero attached hydrogens (tertiary/aromatic N) is 2. The number of halogens is 1. The molecule has 0 aromatic heterocycles. The number of carbonyl (C=O) groups is 2. The predicted molar refractivity (Wildman–Crippen MR) is 123 cm³/mol. The van der Waals surface area contributed by atoms with Crippen molar-refractivity contribution >= 4 is 27.5 Å². The van der Waals surface area contributed by atoms with Gasteiger partial charge in [0.25, 0.3) is 0 Å². The van der Waals surface area contributed by atoms with Gasteiger partial charge in [-0.05, 0) is 38.0 Å². The zero-order valence-electron chi connectivity index (χ0n) is 18.8. The number of hydrogen-bond acceptors (Lipinski definition) is 4. The van der Waals surface area contributed by atoms with E-state index in [1.54, 1.807) is 44.2 Å². The Hall–Kier alpha value is -2.94. The molecule has 0 fully saturated rings. The van der Waals surface area contributed by atoms with Crippen molar-refractivity contribution in [3.8, 4) is 0 Å². The molecule has 0 bridgehead atoms. The Balaban J connectivity index is 2.40. The fraction of sp³-hybridized carbons (Fsp3) is 0.391. The van der Waals surface area contributed by atoms with Crippen molar-refractivity contribution in [1.82, 2.24) is 10.2 Å². The summed E-state index contributed by atoms with van der Waals surface area (Å²) >= 11 is 0. The lowest BCUT2D eigenvalue weighted by Gasteiger charge is -2.32. The molecule has 7 nitrogen and oxygen atoms in total. The molecule has 0 radical (unpaired) electrons. The zero-order chi connectivity index (χ0) is 23.9. The van der Waals surface area contributed by atoms with Crippen LogP contribution in [0.15, 0.2) is 48.5 Å². The van der Waals surface area contributed by atoms with Crippen molar-refractivity contribution in [2.24, 2.45) is 0 Å². The van der Waals surface area contributed by atoms with Crippen LogP contribution in [-0.4, -0.2) is 50.5 Å². The monoisotopic (exact) mass is 463 g/mol. The average Bonchev–Trinajstić information content (AvgIpc) is 2.74. The lowest BCUT2D eigenvalue weighted by atomic mass is 10.1. The number of anilines is 1. The minimum Gasteiger partial charge on any atom is -0.354 e. The second kappa shape index (κ2) is 11.1. The highest BCUT2D eigenvalue weighted by atomic mass is 32.2.